The number of piperidine rings is 1. The average molecular weight is 409 g/mol. The third kappa shape index (κ3) is 5.60. The van der Waals surface area contributed by atoms with Crippen LogP contribution in [0.2, 0.25) is 0 Å². The molecule has 3 rings (SSSR count). The smallest absolute Gasteiger partial charge is 0.407 e. The van der Waals surface area contributed by atoms with Crippen LogP contribution in [0, 0.1) is 5.82 Å². The molecule has 2 aliphatic rings. The second kappa shape index (κ2) is 8.88. The van der Waals surface area contributed by atoms with Crippen LogP contribution in [0.4, 0.5) is 9.18 Å². The number of carbonyl (C=O) groups is 1. The van der Waals surface area contributed by atoms with Crippen molar-refractivity contribution in [3.63, 3.8) is 0 Å². The Hall–Kier alpha value is -1.86. The third-order valence-corrected chi connectivity index (χ3v) is 5.79. The summed E-state index contributed by atoms with van der Waals surface area (Å²) in [4.78, 5) is 14.4. The molecule has 1 aliphatic carbocycles. The van der Waals surface area contributed by atoms with E-state index in [1.165, 1.54) is 13.2 Å². The number of amides is 1. The lowest BCUT2D eigenvalue weighted by atomic mass is 9.96. The van der Waals surface area contributed by atoms with Crippen molar-refractivity contribution in [3.8, 4) is 5.75 Å². The molecule has 2 fully saturated rings. The number of nitrogens with zero attached hydrogens (tertiary/aromatic N) is 1. The van der Waals surface area contributed by atoms with Crippen molar-refractivity contribution in [2.24, 2.45) is 0 Å². The first-order valence-corrected chi connectivity index (χ1v) is 10.4. The summed E-state index contributed by atoms with van der Waals surface area (Å²) in [5.41, 5.74) is 0.467. The third-order valence-electron chi connectivity index (χ3n) is 5.79. The zero-order valence-electron chi connectivity index (χ0n) is 17.8. The summed E-state index contributed by atoms with van der Waals surface area (Å²) in [6, 6.07) is 4.98. The summed E-state index contributed by atoms with van der Waals surface area (Å²) in [5, 5.41) is 13.7. The lowest BCUT2D eigenvalue weighted by Crippen LogP contribution is -2.53. The Labute approximate surface area is 172 Å². The van der Waals surface area contributed by atoms with Gasteiger partial charge < -0.3 is 19.9 Å². The molecule has 6 nitrogen and oxygen atoms in total. The van der Waals surface area contributed by atoms with E-state index in [0.717, 1.165) is 31.4 Å². The van der Waals surface area contributed by atoms with Crippen molar-refractivity contribution in [1.29, 1.82) is 0 Å². The zero-order chi connectivity index (χ0) is 21.2. The van der Waals surface area contributed by atoms with Crippen LogP contribution in [0.25, 0.3) is 0 Å². The normalized spacial score (nSPS) is 28.2. The van der Waals surface area contributed by atoms with E-state index in [2.05, 4.69) is 10.2 Å². The van der Waals surface area contributed by atoms with Gasteiger partial charge in [-0.2, -0.15) is 0 Å². The number of likely N-dealkylation sites (tertiary alicyclic amines) is 1. The summed E-state index contributed by atoms with van der Waals surface area (Å²) in [7, 11) is 1.46. The monoisotopic (exact) mass is 408 g/mol. The SMILES string of the molecule is COc1cc(C2CC(O)C(N3CCC[C@@H](NC(=O)OC(C)(C)C)C3)C2)ccc1F. The lowest BCUT2D eigenvalue weighted by molar-refractivity contribution is 0.0348. The minimum Gasteiger partial charge on any atom is -0.494 e. The van der Waals surface area contributed by atoms with Gasteiger partial charge in [-0.3, -0.25) is 4.90 Å². The van der Waals surface area contributed by atoms with E-state index in [1.54, 1.807) is 12.1 Å². The predicted molar refractivity (Wildman–Crippen MR) is 109 cm³/mol. The number of methoxy groups -OCH3 is 1. The molecular weight excluding hydrogens is 375 g/mol. The van der Waals surface area contributed by atoms with E-state index >= 15 is 0 Å². The summed E-state index contributed by atoms with van der Waals surface area (Å²) in [5.74, 6) is 0.0159. The van der Waals surface area contributed by atoms with Crippen LogP contribution < -0.4 is 10.1 Å². The molecule has 1 amide bonds. The second-order valence-corrected chi connectivity index (χ2v) is 9.18. The van der Waals surface area contributed by atoms with Gasteiger partial charge in [0.15, 0.2) is 11.6 Å². The number of rotatable bonds is 4. The Bertz CT molecular complexity index is 721. The molecule has 0 bridgehead atoms. The zero-order valence-corrected chi connectivity index (χ0v) is 17.8. The quantitative estimate of drug-likeness (QED) is 0.799. The van der Waals surface area contributed by atoms with Gasteiger partial charge in [0, 0.05) is 18.6 Å². The van der Waals surface area contributed by atoms with Gasteiger partial charge in [0.05, 0.1) is 13.2 Å². The van der Waals surface area contributed by atoms with Gasteiger partial charge in [0.2, 0.25) is 0 Å². The summed E-state index contributed by atoms with van der Waals surface area (Å²) >= 11 is 0. The maximum atomic E-state index is 13.7. The number of hydrogen-bond donors (Lipinski definition) is 2. The second-order valence-electron chi connectivity index (χ2n) is 9.18. The van der Waals surface area contributed by atoms with E-state index in [-0.39, 0.29) is 29.6 Å². The van der Waals surface area contributed by atoms with Gasteiger partial charge >= 0.3 is 6.09 Å². The van der Waals surface area contributed by atoms with Crippen LogP contribution in [0.15, 0.2) is 18.2 Å². The van der Waals surface area contributed by atoms with E-state index in [0.29, 0.717) is 13.0 Å². The Balaban J connectivity index is 1.61. The number of nitrogens with one attached hydrogen (secondary N) is 1. The van der Waals surface area contributed by atoms with Crippen LogP contribution >= 0.6 is 0 Å². The molecule has 0 spiro atoms. The number of alkyl carbamates (subject to hydrolysis) is 1. The number of ether oxygens (including phenoxy) is 2. The van der Waals surface area contributed by atoms with E-state index < -0.39 is 17.8 Å². The standard InChI is InChI=1S/C22H33FN2O4/c1-22(2,3)29-21(27)24-16-6-5-9-25(13-16)18-10-15(11-19(18)26)14-7-8-17(23)20(12-14)28-4/h7-8,12,15-16,18-19,26H,5-6,9-11,13H2,1-4H3,(H,24,27)/t15?,16-,18?,19?/m1/s1. The number of carbonyl (C=O) groups excluding carboxylic acids is 1. The molecule has 29 heavy (non-hydrogen) atoms. The summed E-state index contributed by atoms with van der Waals surface area (Å²) in [6.07, 6.45) is 2.45. The van der Waals surface area contributed by atoms with Gasteiger partial charge in [0.25, 0.3) is 0 Å². The van der Waals surface area contributed by atoms with Crippen molar-refractivity contribution in [2.45, 2.75) is 76.2 Å². The highest BCUT2D eigenvalue weighted by molar-refractivity contribution is 5.68. The molecule has 1 heterocycles. The van der Waals surface area contributed by atoms with Crippen LogP contribution in [0.3, 0.4) is 0 Å². The lowest BCUT2D eigenvalue weighted by Gasteiger charge is -2.38. The molecule has 0 radical (unpaired) electrons. The van der Waals surface area contributed by atoms with Gasteiger partial charge in [-0.25, -0.2) is 9.18 Å². The fraction of sp³-hybridized carbons (Fsp3) is 0.682. The highest BCUT2D eigenvalue weighted by Crippen LogP contribution is 2.39. The first kappa shape index (κ1) is 21.8. The number of aliphatic hydroxyl groups excluding tert-OH is 1. The molecular formula is C22H33FN2O4. The van der Waals surface area contributed by atoms with E-state index in [1.807, 2.05) is 20.8 Å². The van der Waals surface area contributed by atoms with Crippen LogP contribution in [0.1, 0.15) is 57.9 Å². The topological polar surface area (TPSA) is 71.0 Å². The Morgan fingerprint density at radius 2 is 2.07 bits per heavy atom. The molecule has 0 aromatic heterocycles. The Morgan fingerprint density at radius 1 is 1.31 bits per heavy atom. The maximum absolute atomic E-state index is 13.7. The fourth-order valence-corrected chi connectivity index (χ4v) is 4.49. The molecule has 1 aromatic rings. The van der Waals surface area contributed by atoms with Crippen LogP contribution in [-0.4, -0.2) is 60.1 Å². The molecule has 3 unspecified atom stereocenters. The summed E-state index contributed by atoms with van der Waals surface area (Å²) in [6.45, 7) is 7.13. The van der Waals surface area contributed by atoms with Crippen molar-refractivity contribution in [2.75, 3.05) is 20.2 Å². The molecule has 1 saturated heterocycles. The largest absolute Gasteiger partial charge is 0.494 e. The Kier molecular flexibility index (Phi) is 6.69. The molecule has 162 valence electrons. The van der Waals surface area contributed by atoms with Gasteiger partial charge in [-0.1, -0.05) is 6.07 Å². The fourth-order valence-electron chi connectivity index (χ4n) is 4.49. The van der Waals surface area contributed by atoms with Crippen molar-refractivity contribution < 1.29 is 23.8 Å². The number of aliphatic hydroxyl groups is 1. The highest BCUT2D eigenvalue weighted by atomic mass is 19.1. The molecule has 1 saturated carbocycles. The molecule has 1 aliphatic heterocycles. The van der Waals surface area contributed by atoms with E-state index in [9.17, 15) is 14.3 Å². The molecule has 7 heteroatoms. The number of benzene rings is 1. The number of halogens is 1. The minimum atomic E-state index is -0.524. The van der Waals surface area contributed by atoms with Crippen molar-refractivity contribution in [3.05, 3.63) is 29.6 Å². The van der Waals surface area contributed by atoms with E-state index in [4.69, 9.17) is 9.47 Å². The highest BCUT2D eigenvalue weighted by Gasteiger charge is 2.39. The minimum absolute atomic E-state index is 0.00997. The first-order chi connectivity index (χ1) is 13.7. The molecule has 2 N–H and O–H groups in total. The Morgan fingerprint density at radius 3 is 2.76 bits per heavy atom. The van der Waals surface area contributed by atoms with Crippen molar-refractivity contribution in [1.82, 2.24) is 10.2 Å². The number of hydrogen-bond acceptors (Lipinski definition) is 5. The molecule has 4 atom stereocenters. The maximum Gasteiger partial charge on any atom is 0.407 e. The summed E-state index contributed by atoms with van der Waals surface area (Å²) < 4.78 is 24.2. The van der Waals surface area contributed by atoms with Gasteiger partial charge in [-0.15, -0.1) is 0 Å². The predicted octanol–water partition coefficient (Wildman–Crippen LogP) is 3.43. The first-order valence-electron chi connectivity index (χ1n) is 10.4. The van der Waals surface area contributed by atoms with Gasteiger partial charge in [-0.05, 0) is 76.6 Å². The van der Waals surface area contributed by atoms with Crippen LogP contribution in [-0.2, 0) is 4.74 Å². The average Bonchev–Trinajstić information content (AvgIpc) is 3.02. The van der Waals surface area contributed by atoms with Crippen LogP contribution in [0.5, 0.6) is 5.75 Å². The molecule has 1 aromatic carbocycles. The van der Waals surface area contributed by atoms with Gasteiger partial charge in [0.1, 0.15) is 5.60 Å². The van der Waals surface area contributed by atoms with Crippen molar-refractivity contribution >= 4 is 6.09 Å².